The summed E-state index contributed by atoms with van der Waals surface area (Å²) in [6, 6.07) is 3.93. The first kappa shape index (κ1) is 15.0. The van der Waals surface area contributed by atoms with E-state index in [1.807, 2.05) is 39.8 Å². The molecule has 1 aromatic rings. The number of nitrogens with two attached hydrogens (primary N) is 1. The minimum Gasteiger partial charge on any atom is -0.329 e. The van der Waals surface area contributed by atoms with E-state index < -0.39 is 15.3 Å². The largest absolute Gasteiger partial charge is 0.329 e. The lowest BCUT2D eigenvalue weighted by Crippen LogP contribution is -2.34. The summed E-state index contributed by atoms with van der Waals surface area (Å²) in [6.45, 7) is 7.76. The SMILES string of the molecule is CCC(CN)S(=O)(=O)Nc1c(C)cc(C)cc1C. The smallest absolute Gasteiger partial charge is 0.236 e. The molecule has 1 atom stereocenters. The van der Waals surface area contributed by atoms with E-state index in [1.54, 1.807) is 0 Å². The first-order valence-corrected chi connectivity index (χ1v) is 7.66. The molecule has 0 saturated carbocycles. The molecule has 0 radical (unpaired) electrons. The van der Waals surface area contributed by atoms with Gasteiger partial charge in [0.25, 0.3) is 0 Å². The van der Waals surface area contributed by atoms with Crippen LogP contribution in [0.2, 0.25) is 0 Å². The van der Waals surface area contributed by atoms with Crippen molar-refractivity contribution in [3.8, 4) is 0 Å². The van der Waals surface area contributed by atoms with Gasteiger partial charge in [-0.1, -0.05) is 24.6 Å². The zero-order valence-corrected chi connectivity index (χ0v) is 12.3. The number of anilines is 1. The maximum Gasteiger partial charge on any atom is 0.236 e. The zero-order valence-electron chi connectivity index (χ0n) is 11.4. The number of hydrogen-bond acceptors (Lipinski definition) is 3. The van der Waals surface area contributed by atoms with Gasteiger partial charge in [-0.3, -0.25) is 4.72 Å². The fourth-order valence-electron chi connectivity index (χ4n) is 2.08. The van der Waals surface area contributed by atoms with E-state index in [0.717, 1.165) is 16.7 Å². The third-order valence-corrected chi connectivity index (χ3v) is 4.97. The minimum absolute atomic E-state index is 0.135. The second kappa shape index (κ2) is 5.71. The Labute approximate surface area is 110 Å². The maximum absolute atomic E-state index is 12.2. The van der Waals surface area contributed by atoms with Gasteiger partial charge in [-0.15, -0.1) is 0 Å². The fourth-order valence-corrected chi connectivity index (χ4v) is 3.54. The average Bonchev–Trinajstić information content (AvgIpc) is 2.24. The molecule has 1 rings (SSSR count). The van der Waals surface area contributed by atoms with Crippen molar-refractivity contribution >= 4 is 15.7 Å². The third kappa shape index (κ3) is 3.23. The van der Waals surface area contributed by atoms with Crippen LogP contribution in [-0.2, 0) is 10.0 Å². The fraction of sp³-hybridized carbons (Fsp3) is 0.538. The second-order valence-electron chi connectivity index (χ2n) is 4.69. The Morgan fingerprint density at radius 1 is 1.22 bits per heavy atom. The van der Waals surface area contributed by atoms with Crippen LogP contribution in [0.5, 0.6) is 0 Å². The lowest BCUT2D eigenvalue weighted by atomic mass is 10.1. The Morgan fingerprint density at radius 3 is 2.11 bits per heavy atom. The zero-order chi connectivity index (χ0) is 13.9. The van der Waals surface area contributed by atoms with Crippen LogP contribution in [0, 0.1) is 20.8 Å². The predicted molar refractivity (Wildman–Crippen MR) is 76.3 cm³/mol. The van der Waals surface area contributed by atoms with Crippen molar-refractivity contribution in [1.82, 2.24) is 0 Å². The van der Waals surface area contributed by atoms with Crippen LogP contribution in [0.3, 0.4) is 0 Å². The molecule has 0 amide bonds. The lowest BCUT2D eigenvalue weighted by molar-refractivity contribution is 0.581. The third-order valence-electron chi connectivity index (χ3n) is 3.08. The number of rotatable bonds is 5. The van der Waals surface area contributed by atoms with E-state index in [4.69, 9.17) is 5.73 Å². The van der Waals surface area contributed by atoms with Crippen LogP contribution in [0.25, 0.3) is 0 Å². The van der Waals surface area contributed by atoms with Crippen LogP contribution in [0.4, 0.5) is 5.69 Å². The van der Waals surface area contributed by atoms with Crippen molar-refractivity contribution in [2.24, 2.45) is 5.73 Å². The molecule has 5 heteroatoms. The molecule has 0 fully saturated rings. The van der Waals surface area contributed by atoms with Gasteiger partial charge in [0.15, 0.2) is 0 Å². The summed E-state index contributed by atoms with van der Waals surface area (Å²) in [4.78, 5) is 0. The molecular formula is C13H22N2O2S. The van der Waals surface area contributed by atoms with E-state index in [1.165, 1.54) is 0 Å². The Kier molecular flexibility index (Phi) is 4.76. The number of nitrogens with one attached hydrogen (secondary N) is 1. The molecule has 0 aliphatic carbocycles. The molecule has 0 aliphatic heterocycles. The van der Waals surface area contributed by atoms with Crippen LogP contribution in [0.1, 0.15) is 30.0 Å². The van der Waals surface area contributed by atoms with Gasteiger partial charge in [-0.05, 0) is 38.3 Å². The van der Waals surface area contributed by atoms with Gasteiger partial charge in [0.2, 0.25) is 10.0 Å². The van der Waals surface area contributed by atoms with Crippen LogP contribution in [-0.4, -0.2) is 20.2 Å². The monoisotopic (exact) mass is 270 g/mol. The van der Waals surface area contributed by atoms with Gasteiger partial charge >= 0.3 is 0 Å². The highest BCUT2D eigenvalue weighted by Crippen LogP contribution is 2.24. The van der Waals surface area contributed by atoms with Crippen molar-refractivity contribution in [3.63, 3.8) is 0 Å². The number of hydrogen-bond donors (Lipinski definition) is 2. The lowest BCUT2D eigenvalue weighted by Gasteiger charge is -2.18. The molecule has 0 bridgehead atoms. The van der Waals surface area contributed by atoms with Gasteiger partial charge in [-0.25, -0.2) is 8.42 Å². The Hall–Kier alpha value is -1.07. The standard InChI is InChI=1S/C13H22N2O2S/c1-5-12(8-14)18(16,17)15-13-10(3)6-9(2)7-11(13)4/h6-7,12,15H,5,8,14H2,1-4H3. The molecule has 0 saturated heterocycles. The quantitative estimate of drug-likeness (QED) is 0.860. The molecule has 1 aromatic carbocycles. The summed E-state index contributed by atoms with van der Waals surface area (Å²) in [7, 11) is -3.41. The first-order chi connectivity index (χ1) is 8.31. The van der Waals surface area contributed by atoms with Crippen molar-refractivity contribution in [2.75, 3.05) is 11.3 Å². The molecule has 0 aliphatic rings. The summed E-state index contributed by atoms with van der Waals surface area (Å²) in [5, 5.41) is -0.544. The number of benzene rings is 1. The topological polar surface area (TPSA) is 72.2 Å². The number of sulfonamides is 1. The average molecular weight is 270 g/mol. The minimum atomic E-state index is -3.41. The Balaban J connectivity index is 3.12. The molecule has 0 spiro atoms. The molecule has 3 N–H and O–H groups in total. The van der Waals surface area contributed by atoms with Crippen LogP contribution in [0.15, 0.2) is 12.1 Å². The highest BCUT2D eigenvalue weighted by molar-refractivity contribution is 7.93. The van der Waals surface area contributed by atoms with E-state index in [0.29, 0.717) is 12.1 Å². The summed E-state index contributed by atoms with van der Waals surface area (Å²) >= 11 is 0. The summed E-state index contributed by atoms with van der Waals surface area (Å²) < 4.78 is 27.0. The summed E-state index contributed by atoms with van der Waals surface area (Å²) in [5.41, 5.74) is 9.17. The Morgan fingerprint density at radius 2 is 1.72 bits per heavy atom. The molecule has 0 heterocycles. The first-order valence-electron chi connectivity index (χ1n) is 6.11. The van der Waals surface area contributed by atoms with Crippen LogP contribution >= 0.6 is 0 Å². The maximum atomic E-state index is 12.2. The molecule has 102 valence electrons. The summed E-state index contributed by atoms with van der Waals surface area (Å²) in [5.74, 6) is 0. The van der Waals surface area contributed by atoms with Crippen LogP contribution < -0.4 is 10.5 Å². The number of aryl methyl sites for hydroxylation is 3. The van der Waals surface area contributed by atoms with Crippen molar-refractivity contribution < 1.29 is 8.42 Å². The van der Waals surface area contributed by atoms with Crippen molar-refractivity contribution in [3.05, 3.63) is 28.8 Å². The normalized spacial score (nSPS) is 13.4. The second-order valence-corrected chi connectivity index (χ2v) is 6.65. The van der Waals surface area contributed by atoms with Crippen molar-refractivity contribution in [2.45, 2.75) is 39.4 Å². The van der Waals surface area contributed by atoms with E-state index in [9.17, 15) is 8.42 Å². The molecule has 1 unspecified atom stereocenters. The van der Waals surface area contributed by atoms with Gasteiger partial charge in [0.05, 0.1) is 10.9 Å². The van der Waals surface area contributed by atoms with E-state index in [2.05, 4.69) is 4.72 Å². The molecular weight excluding hydrogens is 248 g/mol. The van der Waals surface area contributed by atoms with E-state index in [-0.39, 0.29) is 6.54 Å². The predicted octanol–water partition coefficient (Wildman–Crippen LogP) is 2.09. The Bertz CT molecular complexity index is 497. The van der Waals surface area contributed by atoms with E-state index >= 15 is 0 Å². The van der Waals surface area contributed by atoms with Gasteiger partial charge in [0, 0.05) is 6.54 Å². The molecule has 18 heavy (non-hydrogen) atoms. The van der Waals surface area contributed by atoms with Gasteiger partial charge < -0.3 is 5.73 Å². The van der Waals surface area contributed by atoms with Gasteiger partial charge in [0.1, 0.15) is 0 Å². The molecule has 0 aromatic heterocycles. The molecule has 4 nitrogen and oxygen atoms in total. The van der Waals surface area contributed by atoms with Crippen molar-refractivity contribution in [1.29, 1.82) is 0 Å². The van der Waals surface area contributed by atoms with Gasteiger partial charge in [-0.2, -0.15) is 0 Å². The summed E-state index contributed by atoms with van der Waals surface area (Å²) in [6.07, 6.45) is 0.510. The highest BCUT2D eigenvalue weighted by atomic mass is 32.2. The highest BCUT2D eigenvalue weighted by Gasteiger charge is 2.23.